The molecule has 6 heteroatoms. The number of nitrogens with zero attached hydrogens (tertiary/aromatic N) is 3. The number of aromatic amines is 1. The zero-order valence-corrected chi connectivity index (χ0v) is 16.6. The standard InChI is InChI=1S/C22H28N4O2/c1-15(2)19-14-25(12-9-20(27)26(19)13-16-7-8-16)22(28)18-6-4-3-5-17(18)21-23-10-11-24-21/h3-6,10-11,15-16,19H,7-9,12-14H2,1-2H3,(H,23,24)/t19-/m0/s1. The summed E-state index contributed by atoms with van der Waals surface area (Å²) in [5.41, 5.74) is 1.42. The Labute approximate surface area is 165 Å². The van der Waals surface area contributed by atoms with E-state index in [4.69, 9.17) is 0 Å². The van der Waals surface area contributed by atoms with Crippen molar-refractivity contribution in [2.75, 3.05) is 19.6 Å². The van der Waals surface area contributed by atoms with Crippen LogP contribution in [0.1, 0.15) is 43.5 Å². The number of H-pyrrole nitrogens is 1. The molecule has 1 N–H and O–H groups in total. The number of amides is 2. The molecule has 6 nitrogen and oxygen atoms in total. The summed E-state index contributed by atoms with van der Waals surface area (Å²) in [4.78, 5) is 37.6. The van der Waals surface area contributed by atoms with Crippen LogP contribution in [0.25, 0.3) is 11.4 Å². The lowest BCUT2D eigenvalue weighted by molar-refractivity contribution is -0.133. The second-order valence-corrected chi connectivity index (χ2v) is 8.29. The third kappa shape index (κ3) is 3.81. The summed E-state index contributed by atoms with van der Waals surface area (Å²) in [6.07, 6.45) is 6.27. The Morgan fingerprint density at radius 1 is 1.29 bits per heavy atom. The minimum absolute atomic E-state index is 0.0290. The van der Waals surface area contributed by atoms with Crippen LogP contribution in [0.3, 0.4) is 0 Å². The first-order valence-electron chi connectivity index (χ1n) is 10.2. The van der Waals surface area contributed by atoms with Gasteiger partial charge in [0.2, 0.25) is 5.91 Å². The number of aromatic nitrogens is 2. The molecule has 0 spiro atoms. The topological polar surface area (TPSA) is 69.3 Å². The first-order chi connectivity index (χ1) is 13.5. The lowest BCUT2D eigenvalue weighted by Gasteiger charge is -2.35. The van der Waals surface area contributed by atoms with Crippen LogP contribution in [0.2, 0.25) is 0 Å². The molecule has 1 aliphatic heterocycles. The zero-order valence-electron chi connectivity index (χ0n) is 16.6. The van der Waals surface area contributed by atoms with E-state index in [-0.39, 0.29) is 17.9 Å². The normalized spacial score (nSPS) is 20.5. The van der Waals surface area contributed by atoms with Gasteiger partial charge in [0.25, 0.3) is 5.91 Å². The first kappa shape index (κ1) is 18.7. The van der Waals surface area contributed by atoms with Crippen molar-refractivity contribution in [3.8, 4) is 11.4 Å². The van der Waals surface area contributed by atoms with E-state index in [1.54, 1.807) is 12.4 Å². The fourth-order valence-corrected chi connectivity index (χ4v) is 4.00. The van der Waals surface area contributed by atoms with Gasteiger partial charge in [-0.1, -0.05) is 32.0 Å². The van der Waals surface area contributed by atoms with E-state index in [2.05, 4.69) is 23.8 Å². The maximum atomic E-state index is 13.4. The summed E-state index contributed by atoms with van der Waals surface area (Å²) in [5, 5.41) is 0. The van der Waals surface area contributed by atoms with Gasteiger partial charge in [-0.3, -0.25) is 9.59 Å². The molecule has 0 radical (unpaired) electrons. The Balaban J connectivity index is 1.60. The van der Waals surface area contributed by atoms with Gasteiger partial charge in [-0.25, -0.2) is 4.98 Å². The van der Waals surface area contributed by atoms with Crippen molar-refractivity contribution in [2.24, 2.45) is 11.8 Å². The number of carbonyl (C=O) groups excluding carboxylic acids is 2. The predicted octanol–water partition coefficient (Wildman–Crippen LogP) is 3.19. The van der Waals surface area contributed by atoms with E-state index >= 15 is 0 Å². The summed E-state index contributed by atoms with van der Waals surface area (Å²) in [6.45, 7) is 6.17. The molecule has 0 unspecified atom stereocenters. The number of imidazole rings is 1. The third-order valence-corrected chi connectivity index (χ3v) is 5.84. The number of carbonyl (C=O) groups is 2. The highest BCUT2D eigenvalue weighted by molar-refractivity contribution is 6.00. The Bertz CT molecular complexity index is 842. The van der Waals surface area contributed by atoms with E-state index in [0.717, 1.165) is 12.1 Å². The van der Waals surface area contributed by atoms with Crippen molar-refractivity contribution in [3.63, 3.8) is 0 Å². The molecule has 1 aromatic heterocycles. The molecular weight excluding hydrogens is 352 g/mol. The lowest BCUT2D eigenvalue weighted by atomic mass is 10.0. The van der Waals surface area contributed by atoms with Gasteiger partial charge in [-0.2, -0.15) is 0 Å². The SMILES string of the molecule is CC(C)[C@@H]1CN(C(=O)c2ccccc2-c2ncc[nH]2)CCC(=O)N1CC1CC1. The van der Waals surface area contributed by atoms with Gasteiger partial charge in [0, 0.05) is 44.0 Å². The van der Waals surface area contributed by atoms with E-state index in [9.17, 15) is 9.59 Å². The molecule has 1 saturated carbocycles. The van der Waals surface area contributed by atoms with Crippen molar-refractivity contribution in [3.05, 3.63) is 42.2 Å². The molecule has 2 aromatic rings. The highest BCUT2D eigenvalue weighted by atomic mass is 16.2. The largest absolute Gasteiger partial charge is 0.345 e. The van der Waals surface area contributed by atoms with Gasteiger partial charge >= 0.3 is 0 Å². The Kier molecular flexibility index (Phi) is 5.20. The van der Waals surface area contributed by atoms with Crippen LogP contribution >= 0.6 is 0 Å². The lowest BCUT2D eigenvalue weighted by Crippen LogP contribution is -2.48. The number of benzene rings is 1. The summed E-state index contributed by atoms with van der Waals surface area (Å²) >= 11 is 0. The van der Waals surface area contributed by atoms with E-state index in [1.165, 1.54) is 12.8 Å². The average Bonchev–Trinajstić information content (AvgIpc) is 3.39. The number of nitrogens with one attached hydrogen (secondary N) is 1. The van der Waals surface area contributed by atoms with Crippen molar-refractivity contribution < 1.29 is 9.59 Å². The van der Waals surface area contributed by atoms with Gasteiger partial charge in [0.05, 0.1) is 11.6 Å². The van der Waals surface area contributed by atoms with E-state index in [0.29, 0.717) is 42.7 Å². The van der Waals surface area contributed by atoms with E-state index < -0.39 is 0 Å². The van der Waals surface area contributed by atoms with Crippen LogP contribution in [0.5, 0.6) is 0 Å². The van der Waals surface area contributed by atoms with Crippen LogP contribution in [0, 0.1) is 11.8 Å². The average molecular weight is 380 g/mol. The molecule has 1 atom stereocenters. The van der Waals surface area contributed by atoms with Crippen molar-refractivity contribution in [1.82, 2.24) is 19.8 Å². The summed E-state index contributed by atoms with van der Waals surface area (Å²) in [7, 11) is 0. The highest BCUT2D eigenvalue weighted by Crippen LogP contribution is 2.32. The van der Waals surface area contributed by atoms with Crippen LogP contribution in [0.15, 0.2) is 36.7 Å². The van der Waals surface area contributed by atoms with Crippen LogP contribution in [-0.2, 0) is 4.79 Å². The van der Waals surface area contributed by atoms with Crippen LogP contribution in [-0.4, -0.2) is 57.3 Å². The molecule has 148 valence electrons. The van der Waals surface area contributed by atoms with Gasteiger partial charge in [0.15, 0.2) is 0 Å². The second-order valence-electron chi connectivity index (χ2n) is 8.29. The summed E-state index contributed by atoms with van der Waals surface area (Å²) < 4.78 is 0. The minimum Gasteiger partial charge on any atom is -0.345 e. The molecule has 1 saturated heterocycles. The molecular formula is C22H28N4O2. The van der Waals surface area contributed by atoms with Crippen LogP contribution in [0.4, 0.5) is 0 Å². The molecule has 28 heavy (non-hydrogen) atoms. The Morgan fingerprint density at radius 2 is 2.07 bits per heavy atom. The quantitative estimate of drug-likeness (QED) is 0.866. The van der Waals surface area contributed by atoms with Crippen molar-refractivity contribution >= 4 is 11.8 Å². The molecule has 2 fully saturated rings. The van der Waals surface area contributed by atoms with E-state index in [1.807, 2.05) is 34.1 Å². The Hall–Kier alpha value is -2.63. The molecule has 1 aliphatic carbocycles. The fraction of sp³-hybridized carbons (Fsp3) is 0.500. The van der Waals surface area contributed by atoms with Gasteiger partial charge in [-0.05, 0) is 30.7 Å². The molecule has 2 heterocycles. The van der Waals surface area contributed by atoms with Crippen molar-refractivity contribution in [1.29, 1.82) is 0 Å². The molecule has 1 aromatic carbocycles. The summed E-state index contributed by atoms with van der Waals surface area (Å²) in [5.74, 6) is 1.79. The third-order valence-electron chi connectivity index (χ3n) is 5.84. The number of rotatable bonds is 5. The summed E-state index contributed by atoms with van der Waals surface area (Å²) in [6, 6.07) is 7.61. The number of hydrogen-bond donors (Lipinski definition) is 1. The molecule has 2 amide bonds. The Morgan fingerprint density at radius 3 is 2.75 bits per heavy atom. The van der Waals surface area contributed by atoms with Gasteiger partial charge in [0.1, 0.15) is 5.82 Å². The second kappa shape index (κ2) is 7.78. The smallest absolute Gasteiger partial charge is 0.254 e. The molecule has 0 bridgehead atoms. The highest BCUT2D eigenvalue weighted by Gasteiger charge is 2.37. The predicted molar refractivity (Wildman–Crippen MR) is 108 cm³/mol. The van der Waals surface area contributed by atoms with Crippen LogP contribution < -0.4 is 0 Å². The molecule has 4 rings (SSSR count). The monoisotopic (exact) mass is 380 g/mol. The minimum atomic E-state index is -0.0290. The van der Waals surface area contributed by atoms with Crippen molar-refractivity contribution in [2.45, 2.75) is 39.2 Å². The first-order valence-corrected chi connectivity index (χ1v) is 10.2. The zero-order chi connectivity index (χ0) is 19.7. The van der Waals surface area contributed by atoms with Gasteiger partial charge in [-0.15, -0.1) is 0 Å². The fourth-order valence-electron chi connectivity index (χ4n) is 4.00. The maximum absolute atomic E-state index is 13.4. The maximum Gasteiger partial charge on any atom is 0.254 e. The number of hydrogen-bond acceptors (Lipinski definition) is 3. The van der Waals surface area contributed by atoms with Gasteiger partial charge < -0.3 is 14.8 Å². The molecule has 2 aliphatic rings.